The van der Waals surface area contributed by atoms with Crippen LogP contribution >= 0.6 is 11.6 Å². The van der Waals surface area contributed by atoms with E-state index in [9.17, 15) is 19.2 Å². The van der Waals surface area contributed by atoms with Gasteiger partial charge in [0.2, 0.25) is 5.56 Å². The Hall–Kier alpha value is -4.23. The topological polar surface area (TPSA) is 105 Å². The van der Waals surface area contributed by atoms with Crippen molar-refractivity contribution in [1.29, 1.82) is 0 Å². The lowest BCUT2D eigenvalue weighted by Crippen LogP contribution is -2.17. The van der Waals surface area contributed by atoms with Gasteiger partial charge >= 0.3 is 5.97 Å². The fourth-order valence-electron chi connectivity index (χ4n) is 3.25. The molecule has 0 aliphatic carbocycles. The fraction of sp³-hybridized carbons (Fsp3) is 0.0400. The summed E-state index contributed by atoms with van der Waals surface area (Å²) < 4.78 is 5.11. The van der Waals surface area contributed by atoms with E-state index in [2.05, 4.69) is 10.3 Å². The Morgan fingerprint density at radius 2 is 1.64 bits per heavy atom. The number of pyridine rings is 1. The van der Waals surface area contributed by atoms with E-state index in [0.29, 0.717) is 27.2 Å². The Morgan fingerprint density at radius 1 is 0.879 bits per heavy atom. The molecule has 4 rings (SSSR count). The second-order valence-corrected chi connectivity index (χ2v) is 7.57. The number of carbonyl (C=O) groups excluding carboxylic acids is 3. The number of carbonyl (C=O) groups is 3. The SMILES string of the molecule is O=C(COC(=O)c1cccc(NC(=O)c2cc(=O)[nH]c3ccccc23)c1)c1ccc(Cl)cc1. The maximum absolute atomic E-state index is 12.8. The maximum Gasteiger partial charge on any atom is 0.338 e. The molecule has 164 valence electrons. The Morgan fingerprint density at radius 3 is 2.42 bits per heavy atom. The number of nitrogens with one attached hydrogen (secondary N) is 2. The van der Waals surface area contributed by atoms with Crippen LogP contribution in [0.1, 0.15) is 31.1 Å². The van der Waals surface area contributed by atoms with Gasteiger partial charge in [0.15, 0.2) is 12.4 Å². The van der Waals surface area contributed by atoms with Crippen molar-refractivity contribution >= 4 is 45.9 Å². The third-order valence-corrected chi connectivity index (χ3v) is 5.10. The number of hydrogen-bond acceptors (Lipinski definition) is 5. The molecule has 0 spiro atoms. The van der Waals surface area contributed by atoms with E-state index in [4.69, 9.17) is 16.3 Å². The van der Waals surface area contributed by atoms with Crippen LogP contribution in [0.25, 0.3) is 10.9 Å². The monoisotopic (exact) mass is 460 g/mol. The third-order valence-electron chi connectivity index (χ3n) is 4.85. The standard InChI is InChI=1S/C25H17ClN2O5/c26-17-10-8-15(9-11-17)22(29)14-33-25(32)16-4-3-5-18(12-16)27-24(31)20-13-23(30)28-21-7-2-1-6-19(20)21/h1-13H,14H2,(H,27,31)(H,28,30). The predicted octanol–water partition coefficient (Wildman–Crippen LogP) is 4.47. The van der Waals surface area contributed by atoms with Crippen LogP contribution in [-0.4, -0.2) is 29.3 Å². The molecular weight excluding hydrogens is 444 g/mol. The summed E-state index contributed by atoms with van der Waals surface area (Å²) in [6.07, 6.45) is 0. The summed E-state index contributed by atoms with van der Waals surface area (Å²) in [6, 6.07) is 20.5. The van der Waals surface area contributed by atoms with Crippen LogP contribution in [0.2, 0.25) is 5.02 Å². The number of ketones is 1. The summed E-state index contributed by atoms with van der Waals surface area (Å²) in [5.41, 5.74) is 1.21. The van der Waals surface area contributed by atoms with E-state index in [1.807, 2.05) is 0 Å². The number of esters is 1. The molecule has 1 aromatic heterocycles. The van der Waals surface area contributed by atoms with Crippen molar-refractivity contribution < 1.29 is 19.1 Å². The molecule has 2 N–H and O–H groups in total. The summed E-state index contributed by atoms with van der Waals surface area (Å²) in [5.74, 6) is -1.58. The number of benzene rings is 3. The summed E-state index contributed by atoms with van der Waals surface area (Å²) in [6.45, 7) is -0.435. The second kappa shape index (κ2) is 9.50. The van der Waals surface area contributed by atoms with Crippen LogP contribution in [0, 0.1) is 0 Å². The summed E-state index contributed by atoms with van der Waals surface area (Å²) in [4.78, 5) is 52.0. The zero-order chi connectivity index (χ0) is 23.4. The molecule has 0 aliphatic heterocycles. The van der Waals surface area contributed by atoms with E-state index in [1.54, 1.807) is 60.7 Å². The minimum Gasteiger partial charge on any atom is -0.454 e. The first-order valence-electron chi connectivity index (χ1n) is 9.90. The minimum atomic E-state index is -0.713. The maximum atomic E-state index is 12.8. The zero-order valence-electron chi connectivity index (χ0n) is 17.1. The van der Waals surface area contributed by atoms with Gasteiger partial charge in [-0.15, -0.1) is 0 Å². The highest BCUT2D eigenvalue weighted by molar-refractivity contribution is 6.30. The molecule has 0 atom stereocenters. The van der Waals surface area contributed by atoms with Gasteiger partial charge in [-0.3, -0.25) is 14.4 Å². The van der Waals surface area contributed by atoms with Crippen LogP contribution < -0.4 is 10.9 Å². The molecule has 0 saturated carbocycles. The van der Waals surface area contributed by atoms with Crippen LogP contribution in [0.15, 0.2) is 83.7 Å². The molecule has 0 bridgehead atoms. The number of halogens is 1. The van der Waals surface area contributed by atoms with Crippen molar-refractivity contribution in [2.45, 2.75) is 0 Å². The molecule has 3 aromatic carbocycles. The smallest absolute Gasteiger partial charge is 0.338 e. The Labute approximate surface area is 193 Å². The molecule has 0 unspecified atom stereocenters. The number of anilines is 1. The van der Waals surface area contributed by atoms with Crippen LogP contribution in [0.3, 0.4) is 0 Å². The molecule has 1 amide bonds. The molecule has 7 nitrogen and oxygen atoms in total. The van der Waals surface area contributed by atoms with Crippen LogP contribution in [0.4, 0.5) is 5.69 Å². The lowest BCUT2D eigenvalue weighted by Gasteiger charge is -2.09. The molecule has 8 heteroatoms. The van der Waals surface area contributed by atoms with Gasteiger partial charge in [-0.25, -0.2) is 4.79 Å². The first-order chi connectivity index (χ1) is 15.9. The lowest BCUT2D eigenvalue weighted by atomic mass is 10.1. The first-order valence-corrected chi connectivity index (χ1v) is 10.3. The highest BCUT2D eigenvalue weighted by atomic mass is 35.5. The van der Waals surface area contributed by atoms with Crippen molar-refractivity contribution in [2.24, 2.45) is 0 Å². The van der Waals surface area contributed by atoms with Gasteiger partial charge in [0.25, 0.3) is 5.91 Å². The van der Waals surface area contributed by atoms with Gasteiger partial charge in [-0.2, -0.15) is 0 Å². The van der Waals surface area contributed by atoms with Gasteiger partial charge in [0, 0.05) is 33.2 Å². The zero-order valence-corrected chi connectivity index (χ0v) is 17.9. The lowest BCUT2D eigenvalue weighted by molar-refractivity contribution is 0.0474. The van der Waals surface area contributed by atoms with Crippen molar-refractivity contribution in [3.05, 3.63) is 111 Å². The number of para-hydroxylation sites is 1. The average Bonchev–Trinajstić information content (AvgIpc) is 2.82. The summed E-state index contributed by atoms with van der Waals surface area (Å²) >= 11 is 5.81. The Bertz CT molecular complexity index is 1430. The number of hydrogen-bond donors (Lipinski definition) is 2. The van der Waals surface area contributed by atoms with Gasteiger partial charge in [-0.05, 0) is 48.5 Å². The number of rotatable bonds is 6. The fourth-order valence-corrected chi connectivity index (χ4v) is 3.37. The van der Waals surface area contributed by atoms with Gasteiger partial charge < -0.3 is 15.0 Å². The van der Waals surface area contributed by atoms with Gasteiger partial charge in [-0.1, -0.05) is 35.9 Å². The van der Waals surface area contributed by atoms with Crippen LogP contribution in [-0.2, 0) is 4.74 Å². The van der Waals surface area contributed by atoms with Gasteiger partial charge in [0.05, 0.1) is 11.1 Å². The second-order valence-electron chi connectivity index (χ2n) is 7.13. The minimum absolute atomic E-state index is 0.160. The predicted molar refractivity (Wildman–Crippen MR) is 125 cm³/mol. The normalized spacial score (nSPS) is 10.6. The van der Waals surface area contributed by atoms with Gasteiger partial charge in [0.1, 0.15) is 0 Å². The molecule has 0 saturated heterocycles. The largest absolute Gasteiger partial charge is 0.454 e. The van der Waals surface area contributed by atoms with E-state index in [0.717, 1.165) is 0 Å². The number of H-pyrrole nitrogens is 1. The Kier molecular flexibility index (Phi) is 6.33. The van der Waals surface area contributed by atoms with E-state index >= 15 is 0 Å². The first kappa shape index (κ1) is 22.0. The quantitative estimate of drug-likeness (QED) is 0.326. The molecule has 1 heterocycles. The Balaban J connectivity index is 1.46. The van der Waals surface area contributed by atoms with Crippen molar-refractivity contribution in [1.82, 2.24) is 4.98 Å². The van der Waals surface area contributed by atoms with E-state index < -0.39 is 24.0 Å². The number of ether oxygens (including phenoxy) is 1. The number of aromatic amines is 1. The average molecular weight is 461 g/mol. The number of amides is 1. The summed E-state index contributed by atoms with van der Waals surface area (Å²) in [7, 11) is 0. The summed E-state index contributed by atoms with van der Waals surface area (Å²) in [5, 5.41) is 3.77. The van der Waals surface area contributed by atoms with Crippen molar-refractivity contribution in [3.8, 4) is 0 Å². The van der Waals surface area contributed by atoms with Crippen molar-refractivity contribution in [2.75, 3.05) is 11.9 Å². The molecule has 0 aliphatic rings. The number of fused-ring (bicyclic) bond motifs is 1. The molecule has 0 radical (unpaired) electrons. The number of aromatic nitrogens is 1. The molecular formula is C25H17ClN2O5. The number of Topliss-reactive ketones (excluding diaryl/α,β-unsaturated/α-hetero) is 1. The molecule has 0 fully saturated rings. The molecule has 4 aromatic rings. The van der Waals surface area contributed by atoms with E-state index in [-0.39, 0.29) is 16.9 Å². The molecule has 33 heavy (non-hydrogen) atoms. The third kappa shape index (κ3) is 5.16. The highest BCUT2D eigenvalue weighted by Crippen LogP contribution is 2.18. The van der Waals surface area contributed by atoms with Crippen LogP contribution in [0.5, 0.6) is 0 Å². The highest BCUT2D eigenvalue weighted by Gasteiger charge is 2.15. The van der Waals surface area contributed by atoms with Crippen molar-refractivity contribution in [3.63, 3.8) is 0 Å². The van der Waals surface area contributed by atoms with E-state index in [1.165, 1.54) is 18.2 Å².